The van der Waals surface area contributed by atoms with Gasteiger partial charge in [-0.3, -0.25) is 4.90 Å². The maximum atomic E-state index is 15.2. The number of fused-ring (bicyclic) bond motifs is 2. The van der Waals surface area contributed by atoms with Gasteiger partial charge in [0.15, 0.2) is 11.2 Å². The van der Waals surface area contributed by atoms with Crippen molar-refractivity contribution in [1.82, 2.24) is 24.9 Å². The number of nitrogens with zero attached hydrogens (tertiary/aromatic N) is 5. The average Bonchev–Trinajstić information content (AvgIpc) is 3.37. The summed E-state index contributed by atoms with van der Waals surface area (Å²) in [4.78, 5) is 2.18. The number of halogens is 1. The topological polar surface area (TPSA) is 76.3 Å². The molecule has 0 spiro atoms. The molecule has 0 radical (unpaired) electrons. The number of phenols is 1. The number of ether oxygens (including phenoxy) is 1. The Hall–Kier alpha value is -2.52. The number of aromatic hydroxyl groups is 1. The lowest BCUT2D eigenvalue weighted by Gasteiger charge is -2.50. The van der Waals surface area contributed by atoms with Crippen molar-refractivity contribution in [2.24, 2.45) is 5.92 Å². The molecule has 1 aromatic carbocycles. The van der Waals surface area contributed by atoms with Gasteiger partial charge in [-0.05, 0) is 50.9 Å². The molecule has 7 nitrogen and oxygen atoms in total. The van der Waals surface area contributed by atoms with Gasteiger partial charge in [-0.15, -0.1) is 5.10 Å². The highest BCUT2D eigenvalue weighted by molar-refractivity contribution is 7.16. The molecule has 1 N–H and O–H groups in total. The van der Waals surface area contributed by atoms with E-state index in [-0.39, 0.29) is 11.8 Å². The molecule has 164 valence electrons. The second kappa shape index (κ2) is 7.87. The molecule has 5 unspecified atom stereocenters. The van der Waals surface area contributed by atoms with Crippen molar-refractivity contribution in [3.05, 3.63) is 36.2 Å². The van der Waals surface area contributed by atoms with Gasteiger partial charge in [-0.1, -0.05) is 23.4 Å². The van der Waals surface area contributed by atoms with Gasteiger partial charge in [-0.2, -0.15) is 5.10 Å². The van der Waals surface area contributed by atoms with E-state index >= 15 is 4.39 Å². The van der Waals surface area contributed by atoms with Crippen molar-refractivity contribution in [3.63, 3.8) is 0 Å². The fraction of sp³-hybridized carbons (Fsp3) is 0.500. The van der Waals surface area contributed by atoms with E-state index in [1.807, 2.05) is 32.3 Å². The standard InChI is InChI=1S/C22H26FN5O2S/c1-12-8-15-11-19(20(23)17(9-12)27(15)3)30-22-25-24-21(31-22)16-5-4-14(10-18(16)29)28-7-6-13(2)26-28/h4-7,10,12,15,17,19-20,29H,8-9,11H2,1-3H3. The highest BCUT2D eigenvalue weighted by Crippen LogP contribution is 2.40. The van der Waals surface area contributed by atoms with Crippen LogP contribution in [-0.2, 0) is 0 Å². The first-order chi connectivity index (χ1) is 14.9. The molecule has 2 bridgehead atoms. The lowest BCUT2D eigenvalue weighted by Crippen LogP contribution is -2.60. The van der Waals surface area contributed by atoms with Gasteiger partial charge in [0.1, 0.15) is 11.9 Å². The molecular formula is C22H26FN5O2S. The first-order valence-electron chi connectivity index (χ1n) is 10.6. The Morgan fingerprint density at radius 1 is 1.19 bits per heavy atom. The van der Waals surface area contributed by atoms with Gasteiger partial charge >= 0.3 is 0 Å². The molecule has 2 aromatic heterocycles. The molecule has 9 heteroatoms. The Balaban J connectivity index is 1.33. The Morgan fingerprint density at radius 2 is 2.03 bits per heavy atom. The van der Waals surface area contributed by atoms with Crippen LogP contribution in [0.15, 0.2) is 30.5 Å². The van der Waals surface area contributed by atoms with Crippen molar-refractivity contribution in [3.8, 4) is 27.2 Å². The normalized spacial score (nSPS) is 28.6. The maximum absolute atomic E-state index is 15.2. The van der Waals surface area contributed by atoms with E-state index in [2.05, 4.69) is 27.1 Å². The molecule has 0 aliphatic carbocycles. The first kappa shape index (κ1) is 20.4. The Kier molecular flexibility index (Phi) is 5.18. The van der Waals surface area contributed by atoms with Crippen LogP contribution >= 0.6 is 11.3 Å². The van der Waals surface area contributed by atoms with Crippen molar-refractivity contribution in [2.75, 3.05) is 7.05 Å². The monoisotopic (exact) mass is 443 g/mol. The molecule has 2 aliphatic heterocycles. The maximum Gasteiger partial charge on any atom is 0.294 e. The number of piperidine rings is 2. The van der Waals surface area contributed by atoms with Gasteiger partial charge in [0.05, 0.1) is 16.9 Å². The lowest BCUT2D eigenvalue weighted by atomic mass is 9.77. The highest BCUT2D eigenvalue weighted by Gasteiger charge is 2.47. The van der Waals surface area contributed by atoms with Gasteiger partial charge in [-0.25, -0.2) is 9.07 Å². The number of aryl methyl sites for hydroxylation is 1. The van der Waals surface area contributed by atoms with E-state index in [1.54, 1.807) is 16.8 Å². The number of alkyl halides is 1. The fourth-order valence-corrected chi connectivity index (χ4v) is 5.63. The zero-order valence-electron chi connectivity index (χ0n) is 17.8. The Morgan fingerprint density at radius 3 is 2.77 bits per heavy atom. The third-order valence-electron chi connectivity index (χ3n) is 6.50. The van der Waals surface area contributed by atoms with Crippen LogP contribution in [0.5, 0.6) is 10.9 Å². The summed E-state index contributed by atoms with van der Waals surface area (Å²) in [7, 11) is 2.02. The zero-order valence-corrected chi connectivity index (χ0v) is 18.6. The summed E-state index contributed by atoms with van der Waals surface area (Å²) in [5, 5.41) is 24.1. The fourth-order valence-electron chi connectivity index (χ4n) is 4.85. The van der Waals surface area contributed by atoms with Gasteiger partial charge < -0.3 is 9.84 Å². The van der Waals surface area contributed by atoms with Gasteiger partial charge in [0.2, 0.25) is 0 Å². The number of phenolic OH excluding ortho intramolecular Hbond substituents is 1. The van der Waals surface area contributed by atoms with Crippen LogP contribution in [0.3, 0.4) is 0 Å². The first-order valence-corrected chi connectivity index (χ1v) is 11.4. The summed E-state index contributed by atoms with van der Waals surface area (Å²) < 4.78 is 22.8. The summed E-state index contributed by atoms with van der Waals surface area (Å²) in [5.74, 6) is 0.620. The van der Waals surface area contributed by atoms with Crippen molar-refractivity contribution < 1.29 is 14.2 Å². The van der Waals surface area contributed by atoms with Crippen LogP contribution in [0.4, 0.5) is 4.39 Å². The number of hydrogen-bond acceptors (Lipinski definition) is 7. The molecule has 2 fully saturated rings. The van der Waals surface area contributed by atoms with Crippen molar-refractivity contribution in [2.45, 2.75) is 57.5 Å². The molecule has 2 aliphatic rings. The number of hydrogen-bond donors (Lipinski definition) is 1. The molecule has 2 saturated heterocycles. The molecule has 31 heavy (non-hydrogen) atoms. The van der Waals surface area contributed by atoms with E-state index < -0.39 is 12.3 Å². The van der Waals surface area contributed by atoms with Crippen molar-refractivity contribution >= 4 is 11.3 Å². The molecule has 5 atom stereocenters. The molecule has 5 rings (SSSR count). The molecule has 4 heterocycles. The van der Waals surface area contributed by atoms with Crippen LogP contribution in [-0.4, -0.2) is 61.4 Å². The second-order valence-electron chi connectivity index (χ2n) is 8.78. The predicted octanol–water partition coefficient (Wildman–Crippen LogP) is 3.99. The van der Waals surface area contributed by atoms with E-state index in [0.29, 0.717) is 34.1 Å². The molecular weight excluding hydrogens is 417 g/mol. The van der Waals surface area contributed by atoms with Crippen LogP contribution in [0, 0.1) is 12.8 Å². The van der Waals surface area contributed by atoms with E-state index in [1.165, 1.54) is 11.3 Å². The smallest absolute Gasteiger partial charge is 0.294 e. The van der Waals surface area contributed by atoms with Gasteiger partial charge in [0, 0.05) is 30.8 Å². The number of aromatic nitrogens is 4. The largest absolute Gasteiger partial charge is 0.507 e. The predicted molar refractivity (Wildman–Crippen MR) is 117 cm³/mol. The number of benzene rings is 1. The van der Waals surface area contributed by atoms with Gasteiger partial charge in [0.25, 0.3) is 5.19 Å². The zero-order chi connectivity index (χ0) is 21.7. The van der Waals surface area contributed by atoms with Crippen LogP contribution in [0.1, 0.15) is 31.9 Å². The van der Waals surface area contributed by atoms with E-state index in [4.69, 9.17) is 4.74 Å². The summed E-state index contributed by atoms with van der Waals surface area (Å²) in [6, 6.07) is 7.41. The summed E-state index contributed by atoms with van der Waals surface area (Å²) >= 11 is 1.22. The third-order valence-corrected chi connectivity index (χ3v) is 7.35. The van der Waals surface area contributed by atoms with E-state index in [0.717, 1.165) is 24.2 Å². The minimum atomic E-state index is -1.05. The minimum Gasteiger partial charge on any atom is -0.507 e. The summed E-state index contributed by atoms with van der Waals surface area (Å²) in [6.45, 7) is 4.11. The summed E-state index contributed by atoms with van der Waals surface area (Å²) in [6.07, 6.45) is 2.84. The Bertz CT molecular complexity index is 1090. The molecule has 0 amide bonds. The highest BCUT2D eigenvalue weighted by atomic mass is 32.1. The van der Waals surface area contributed by atoms with Crippen molar-refractivity contribution in [1.29, 1.82) is 0 Å². The summed E-state index contributed by atoms with van der Waals surface area (Å²) in [5.41, 5.74) is 2.21. The molecule has 0 saturated carbocycles. The van der Waals surface area contributed by atoms with E-state index in [9.17, 15) is 5.11 Å². The second-order valence-corrected chi connectivity index (χ2v) is 9.72. The quantitative estimate of drug-likeness (QED) is 0.657. The van der Waals surface area contributed by atoms with Crippen LogP contribution in [0.2, 0.25) is 0 Å². The van der Waals surface area contributed by atoms with Crippen LogP contribution in [0.25, 0.3) is 16.3 Å². The SMILES string of the molecule is Cc1ccn(-c2ccc(-c3nnc(OC4CC5CC(C)CC(C4F)N5C)s3)c(O)c2)n1. The number of rotatable bonds is 4. The third kappa shape index (κ3) is 3.80. The minimum absolute atomic E-state index is 0.0829. The molecule has 3 aromatic rings. The lowest BCUT2D eigenvalue weighted by molar-refractivity contribution is -0.0744. The Labute approximate surface area is 184 Å². The average molecular weight is 444 g/mol. The van der Waals surface area contributed by atoms with Crippen LogP contribution < -0.4 is 4.74 Å².